The highest BCUT2D eigenvalue weighted by molar-refractivity contribution is 5.84. The first-order chi connectivity index (χ1) is 20.0. The van der Waals surface area contributed by atoms with E-state index in [2.05, 4.69) is 116 Å². The molecule has 0 saturated carbocycles. The van der Waals surface area contributed by atoms with E-state index in [4.69, 9.17) is 15.0 Å². The molecule has 4 heteroatoms. The Morgan fingerprint density at radius 2 is 0.976 bits per heavy atom. The lowest BCUT2D eigenvalue weighted by Crippen LogP contribution is -2.16. The fourth-order valence-electron chi connectivity index (χ4n) is 5.41. The fourth-order valence-corrected chi connectivity index (χ4v) is 5.41. The zero-order valence-corrected chi connectivity index (χ0v) is 23.4. The molecule has 0 atom stereocenters. The van der Waals surface area contributed by atoms with E-state index < -0.39 is 0 Å². The van der Waals surface area contributed by atoms with Gasteiger partial charge >= 0.3 is 0 Å². The average Bonchev–Trinajstić information content (AvgIpc) is 3.40. The summed E-state index contributed by atoms with van der Waals surface area (Å²) in [4.78, 5) is 15.1. The van der Waals surface area contributed by atoms with Crippen molar-refractivity contribution < 1.29 is 0 Å². The molecule has 0 radical (unpaired) electrons. The molecule has 198 valence electrons. The molecule has 0 spiro atoms. The number of fused-ring (bicyclic) bond motifs is 2. The molecule has 0 saturated heterocycles. The van der Waals surface area contributed by atoms with Crippen LogP contribution in [0.25, 0.3) is 61.5 Å². The van der Waals surface area contributed by atoms with Crippen molar-refractivity contribution in [3.63, 3.8) is 0 Å². The minimum Gasteiger partial charge on any atom is -0.292 e. The maximum atomic E-state index is 5.04. The lowest BCUT2D eigenvalue weighted by molar-refractivity contribution is 0.571. The van der Waals surface area contributed by atoms with Gasteiger partial charge in [-0.1, -0.05) is 112 Å². The van der Waals surface area contributed by atoms with Crippen LogP contribution in [-0.2, 0) is 5.41 Å². The van der Waals surface area contributed by atoms with Gasteiger partial charge in [0.05, 0.1) is 33.5 Å². The predicted octanol–water partition coefficient (Wildman–Crippen LogP) is 9.27. The zero-order valence-electron chi connectivity index (χ0n) is 23.4. The highest BCUT2D eigenvalue weighted by Crippen LogP contribution is 2.34. The monoisotopic (exact) mass is 530 g/mol. The van der Waals surface area contributed by atoms with E-state index in [0.717, 1.165) is 67.2 Å². The summed E-state index contributed by atoms with van der Waals surface area (Å²) in [6, 6.07) is 44.1. The molecule has 0 N–H and O–H groups in total. The number of aromatic nitrogens is 4. The van der Waals surface area contributed by atoms with E-state index in [1.807, 2.05) is 36.4 Å². The summed E-state index contributed by atoms with van der Waals surface area (Å²) in [7, 11) is 0. The molecule has 0 aliphatic carbocycles. The number of benzene rings is 5. The quantitative estimate of drug-likeness (QED) is 0.228. The van der Waals surface area contributed by atoms with Crippen LogP contribution in [0.5, 0.6) is 0 Å². The van der Waals surface area contributed by atoms with Gasteiger partial charge in [0.15, 0.2) is 0 Å². The Morgan fingerprint density at radius 1 is 0.463 bits per heavy atom. The van der Waals surface area contributed by atoms with Crippen molar-refractivity contribution in [2.24, 2.45) is 0 Å². The molecule has 0 bridgehead atoms. The summed E-state index contributed by atoms with van der Waals surface area (Å²) in [5.74, 6) is 0.934. The van der Waals surface area contributed by atoms with E-state index in [-0.39, 0.29) is 5.41 Å². The smallest absolute Gasteiger partial charge is 0.145 e. The van der Waals surface area contributed by atoms with Gasteiger partial charge in [-0.15, -0.1) is 0 Å². The Bertz CT molecular complexity index is 2000. The molecule has 0 aliphatic rings. The van der Waals surface area contributed by atoms with E-state index in [1.54, 1.807) is 0 Å². The molecule has 41 heavy (non-hydrogen) atoms. The van der Waals surface area contributed by atoms with Gasteiger partial charge in [0, 0.05) is 22.2 Å². The SMILES string of the molecule is CC(C)(C)c1nc2ccccc2nc1-c1ccc(-c2ccc(-c3nc4ccccc4n3-c3ccccc3)cc2)cc1. The molecule has 2 aromatic heterocycles. The summed E-state index contributed by atoms with van der Waals surface area (Å²) in [6.45, 7) is 6.58. The predicted molar refractivity (Wildman–Crippen MR) is 169 cm³/mol. The fraction of sp³-hybridized carbons (Fsp3) is 0.108. The Hall–Kier alpha value is -5.09. The maximum absolute atomic E-state index is 5.04. The summed E-state index contributed by atoms with van der Waals surface area (Å²) in [6.07, 6.45) is 0. The number of hydrogen-bond donors (Lipinski definition) is 0. The van der Waals surface area contributed by atoms with Gasteiger partial charge in [-0.2, -0.15) is 0 Å². The third-order valence-corrected chi connectivity index (χ3v) is 7.49. The summed E-state index contributed by atoms with van der Waals surface area (Å²) < 4.78 is 2.23. The van der Waals surface area contributed by atoms with Gasteiger partial charge in [0.1, 0.15) is 5.82 Å². The Morgan fingerprint density at radius 3 is 1.61 bits per heavy atom. The van der Waals surface area contributed by atoms with Crippen molar-refractivity contribution in [2.45, 2.75) is 26.2 Å². The molecule has 0 fully saturated rings. The molecule has 4 nitrogen and oxygen atoms in total. The molecular formula is C37H30N4. The van der Waals surface area contributed by atoms with Crippen molar-refractivity contribution >= 4 is 22.1 Å². The third-order valence-electron chi connectivity index (χ3n) is 7.49. The lowest BCUT2D eigenvalue weighted by atomic mass is 9.88. The van der Waals surface area contributed by atoms with Crippen LogP contribution in [0.2, 0.25) is 0 Å². The molecule has 7 rings (SSSR count). The zero-order chi connectivity index (χ0) is 28.0. The van der Waals surface area contributed by atoms with E-state index in [1.165, 1.54) is 0 Å². The number of nitrogens with zero attached hydrogens (tertiary/aromatic N) is 4. The van der Waals surface area contributed by atoms with Crippen molar-refractivity contribution in [3.8, 4) is 39.5 Å². The first kappa shape index (κ1) is 24.9. The Labute approximate surface area is 240 Å². The molecular weight excluding hydrogens is 500 g/mol. The second-order valence-corrected chi connectivity index (χ2v) is 11.4. The van der Waals surface area contributed by atoms with Gasteiger partial charge in [0.2, 0.25) is 0 Å². The van der Waals surface area contributed by atoms with Crippen LogP contribution in [0.1, 0.15) is 26.5 Å². The van der Waals surface area contributed by atoms with Crippen molar-refractivity contribution in [2.75, 3.05) is 0 Å². The van der Waals surface area contributed by atoms with Crippen molar-refractivity contribution in [1.29, 1.82) is 0 Å². The summed E-state index contributed by atoms with van der Waals surface area (Å²) in [5.41, 5.74) is 11.3. The minimum atomic E-state index is -0.128. The Kier molecular flexibility index (Phi) is 5.97. The average molecular weight is 531 g/mol. The van der Waals surface area contributed by atoms with Gasteiger partial charge in [-0.05, 0) is 47.5 Å². The standard InChI is InChI=1S/C37H30N4/c1-37(2,3)35-34(38-30-13-7-8-14-31(30)39-35)27-21-17-25(18-22-27)26-19-23-28(24-20-26)36-40-32-15-9-10-16-33(32)41(36)29-11-5-4-6-12-29/h4-24H,1-3H3. The maximum Gasteiger partial charge on any atom is 0.145 e. The van der Waals surface area contributed by atoms with Crippen molar-refractivity contribution in [3.05, 3.63) is 133 Å². The van der Waals surface area contributed by atoms with E-state index in [9.17, 15) is 0 Å². The normalized spacial score (nSPS) is 11.8. The van der Waals surface area contributed by atoms with Gasteiger partial charge in [-0.25, -0.2) is 15.0 Å². The highest BCUT2D eigenvalue weighted by atomic mass is 15.1. The topological polar surface area (TPSA) is 43.6 Å². The summed E-state index contributed by atoms with van der Waals surface area (Å²) >= 11 is 0. The molecule has 5 aromatic carbocycles. The summed E-state index contributed by atoms with van der Waals surface area (Å²) in [5, 5.41) is 0. The molecule has 0 aliphatic heterocycles. The first-order valence-corrected chi connectivity index (χ1v) is 14.0. The van der Waals surface area contributed by atoms with Crippen molar-refractivity contribution in [1.82, 2.24) is 19.5 Å². The van der Waals surface area contributed by atoms with Gasteiger partial charge in [-0.3, -0.25) is 4.57 Å². The number of hydrogen-bond acceptors (Lipinski definition) is 3. The van der Waals surface area contributed by atoms with Crippen LogP contribution in [0, 0.1) is 0 Å². The second kappa shape index (κ2) is 9.83. The van der Waals surface area contributed by atoms with Crippen LogP contribution in [0.4, 0.5) is 0 Å². The third kappa shape index (κ3) is 4.57. The largest absolute Gasteiger partial charge is 0.292 e. The number of para-hydroxylation sites is 5. The minimum absolute atomic E-state index is 0.128. The van der Waals surface area contributed by atoms with Gasteiger partial charge in [0.25, 0.3) is 0 Å². The molecule has 7 aromatic rings. The first-order valence-electron chi connectivity index (χ1n) is 14.0. The number of rotatable bonds is 4. The lowest BCUT2D eigenvalue weighted by Gasteiger charge is -2.21. The highest BCUT2D eigenvalue weighted by Gasteiger charge is 2.23. The number of imidazole rings is 1. The molecule has 0 unspecified atom stereocenters. The van der Waals surface area contributed by atoms with Crippen LogP contribution < -0.4 is 0 Å². The Balaban J connectivity index is 1.25. The second-order valence-electron chi connectivity index (χ2n) is 11.4. The van der Waals surface area contributed by atoms with Crippen LogP contribution in [-0.4, -0.2) is 19.5 Å². The van der Waals surface area contributed by atoms with E-state index in [0.29, 0.717) is 0 Å². The van der Waals surface area contributed by atoms with Gasteiger partial charge < -0.3 is 0 Å². The van der Waals surface area contributed by atoms with E-state index >= 15 is 0 Å². The molecule has 2 heterocycles. The van der Waals surface area contributed by atoms with Crippen LogP contribution in [0.3, 0.4) is 0 Å². The van der Waals surface area contributed by atoms with Crippen LogP contribution >= 0.6 is 0 Å². The van der Waals surface area contributed by atoms with Crippen LogP contribution in [0.15, 0.2) is 127 Å². The molecule has 0 amide bonds.